The van der Waals surface area contributed by atoms with Crippen LogP contribution in [0.2, 0.25) is 0 Å². The summed E-state index contributed by atoms with van der Waals surface area (Å²) in [6.07, 6.45) is 4.19. The van der Waals surface area contributed by atoms with Crippen molar-refractivity contribution >= 4 is 5.91 Å². The fourth-order valence-corrected chi connectivity index (χ4v) is 4.14. The maximum absolute atomic E-state index is 12.7. The normalized spacial score (nSPS) is 26.1. The first-order valence-electron chi connectivity index (χ1n) is 9.10. The van der Waals surface area contributed by atoms with Gasteiger partial charge in [0.25, 0.3) is 5.91 Å². The summed E-state index contributed by atoms with van der Waals surface area (Å²) in [4.78, 5) is 12.7. The minimum absolute atomic E-state index is 0.0615. The molecule has 2 fully saturated rings. The third kappa shape index (κ3) is 3.09. The van der Waals surface area contributed by atoms with Gasteiger partial charge in [0.2, 0.25) is 0 Å². The molecule has 132 valence electrons. The lowest BCUT2D eigenvalue weighted by Crippen LogP contribution is -2.33. The minimum Gasteiger partial charge on any atom is -0.389 e. The molecule has 1 saturated carbocycles. The molecule has 6 nitrogen and oxygen atoms in total. The summed E-state index contributed by atoms with van der Waals surface area (Å²) in [6.45, 7) is 6.28. The number of nitrogens with zero attached hydrogens (tertiary/aromatic N) is 2. The molecule has 4 rings (SSSR count). The van der Waals surface area contributed by atoms with Crippen LogP contribution in [-0.2, 0) is 17.7 Å². The van der Waals surface area contributed by atoms with E-state index in [0.717, 1.165) is 38.0 Å². The highest BCUT2D eigenvalue weighted by molar-refractivity contribution is 5.94. The molecule has 3 aliphatic rings. The Kier molecular flexibility index (Phi) is 3.92. The van der Waals surface area contributed by atoms with Gasteiger partial charge in [-0.05, 0) is 51.4 Å². The Balaban J connectivity index is 1.49. The average Bonchev–Trinajstić information content (AvgIpc) is 3.05. The van der Waals surface area contributed by atoms with Crippen molar-refractivity contribution in [2.75, 3.05) is 19.8 Å². The number of hydrogen-bond donors (Lipinski definition) is 2. The number of nitrogens with one attached hydrogen (secondary N) is 1. The number of fused-ring (bicyclic) bond motifs is 3. The van der Waals surface area contributed by atoms with Crippen LogP contribution in [0, 0.1) is 11.8 Å². The SMILES string of the molecule is CC(C)(O)Cn1nc(C(=O)NCC2CCOCC2)c2c1[C@@H]1C[C@@H]1C2. The van der Waals surface area contributed by atoms with Crippen molar-refractivity contribution in [3.05, 3.63) is 17.0 Å². The van der Waals surface area contributed by atoms with Gasteiger partial charge in [-0.25, -0.2) is 0 Å². The highest BCUT2D eigenvalue weighted by atomic mass is 16.5. The number of aromatic nitrogens is 2. The summed E-state index contributed by atoms with van der Waals surface area (Å²) < 4.78 is 7.25. The third-order valence-electron chi connectivity index (χ3n) is 5.48. The Hall–Kier alpha value is -1.40. The number of carbonyl (C=O) groups excluding carboxylic acids is 1. The Morgan fingerprint density at radius 3 is 2.88 bits per heavy atom. The van der Waals surface area contributed by atoms with Crippen LogP contribution in [0.4, 0.5) is 0 Å². The molecular weight excluding hydrogens is 306 g/mol. The zero-order valence-corrected chi connectivity index (χ0v) is 14.5. The molecule has 1 amide bonds. The van der Waals surface area contributed by atoms with Gasteiger partial charge in [0.1, 0.15) is 0 Å². The highest BCUT2D eigenvalue weighted by Gasteiger charge is 2.50. The van der Waals surface area contributed by atoms with E-state index in [1.54, 1.807) is 13.8 Å². The molecule has 6 heteroatoms. The Morgan fingerprint density at radius 2 is 2.17 bits per heavy atom. The molecule has 2 N–H and O–H groups in total. The second kappa shape index (κ2) is 5.85. The van der Waals surface area contributed by atoms with Crippen LogP contribution in [0.3, 0.4) is 0 Å². The van der Waals surface area contributed by atoms with Crippen molar-refractivity contribution in [1.82, 2.24) is 15.1 Å². The van der Waals surface area contributed by atoms with Gasteiger partial charge in [-0.1, -0.05) is 0 Å². The van der Waals surface area contributed by atoms with Crippen LogP contribution in [0.15, 0.2) is 0 Å². The number of hydrogen-bond acceptors (Lipinski definition) is 4. The maximum atomic E-state index is 12.7. The molecule has 2 atom stereocenters. The highest BCUT2D eigenvalue weighted by Crippen LogP contribution is 2.57. The van der Waals surface area contributed by atoms with Crippen molar-refractivity contribution in [1.29, 1.82) is 0 Å². The summed E-state index contributed by atoms with van der Waals surface area (Å²) in [6, 6.07) is 0. The summed E-state index contributed by atoms with van der Waals surface area (Å²) >= 11 is 0. The van der Waals surface area contributed by atoms with Crippen LogP contribution < -0.4 is 5.32 Å². The zero-order chi connectivity index (χ0) is 16.9. The predicted molar refractivity (Wildman–Crippen MR) is 89.0 cm³/mol. The Labute approximate surface area is 142 Å². The van der Waals surface area contributed by atoms with Crippen molar-refractivity contribution in [2.45, 2.75) is 57.6 Å². The number of rotatable bonds is 5. The number of ether oxygens (including phenoxy) is 1. The molecule has 0 spiro atoms. The average molecular weight is 333 g/mol. The van der Waals surface area contributed by atoms with Gasteiger partial charge in [0, 0.05) is 36.9 Å². The Morgan fingerprint density at radius 1 is 1.42 bits per heavy atom. The second-order valence-corrected chi connectivity index (χ2v) is 8.25. The van der Waals surface area contributed by atoms with Gasteiger partial charge in [-0.15, -0.1) is 0 Å². The Bertz CT molecular complexity index is 641. The zero-order valence-electron chi connectivity index (χ0n) is 14.5. The standard InChI is InChI=1S/C18H27N3O3/c1-18(2,23)10-21-16-13-7-12(13)8-14(16)15(20-21)17(22)19-9-11-3-5-24-6-4-11/h11-13,23H,3-10H2,1-2H3,(H,19,22)/t12-,13-/m1/s1. The summed E-state index contributed by atoms with van der Waals surface area (Å²) in [5.41, 5.74) is 2.06. The van der Waals surface area contributed by atoms with Crippen LogP contribution >= 0.6 is 0 Å². The lowest BCUT2D eigenvalue weighted by Gasteiger charge is -2.22. The molecule has 2 aliphatic carbocycles. The molecule has 1 aromatic rings. The van der Waals surface area contributed by atoms with E-state index in [1.807, 2.05) is 4.68 Å². The molecule has 2 heterocycles. The molecule has 1 aliphatic heterocycles. The molecule has 0 bridgehead atoms. The monoisotopic (exact) mass is 333 g/mol. The van der Waals surface area contributed by atoms with Gasteiger partial charge in [-0.2, -0.15) is 5.10 Å². The smallest absolute Gasteiger partial charge is 0.272 e. The molecule has 24 heavy (non-hydrogen) atoms. The number of carbonyl (C=O) groups is 1. The fraction of sp³-hybridized carbons (Fsp3) is 0.778. The predicted octanol–water partition coefficient (Wildman–Crippen LogP) is 1.47. The van der Waals surface area contributed by atoms with E-state index in [0.29, 0.717) is 36.5 Å². The lowest BCUT2D eigenvalue weighted by atomic mass is 10.0. The molecule has 0 aromatic carbocycles. The first-order valence-corrected chi connectivity index (χ1v) is 9.10. The van der Waals surface area contributed by atoms with Gasteiger partial charge >= 0.3 is 0 Å². The van der Waals surface area contributed by atoms with Crippen molar-refractivity contribution < 1.29 is 14.6 Å². The first-order chi connectivity index (χ1) is 11.4. The maximum Gasteiger partial charge on any atom is 0.272 e. The van der Waals surface area contributed by atoms with Crippen LogP contribution in [0.5, 0.6) is 0 Å². The second-order valence-electron chi connectivity index (χ2n) is 8.25. The van der Waals surface area contributed by atoms with E-state index in [4.69, 9.17) is 4.74 Å². The van der Waals surface area contributed by atoms with E-state index in [1.165, 1.54) is 12.1 Å². The van der Waals surface area contributed by atoms with Gasteiger partial charge < -0.3 is 15.2 Å². The van der Waals surface area contributed by atoms with E-state index in [2.05, 4.69) is 10.4 Å². The van der Waals surface area contributed by atoms with E-state index < -0.39 is 5.60 Å². The fourth-order valence-electron chi connectivity index (χ4n) is 4.14. The van der Waals surface area contributed by atoms with Gasteiger partial charge in [-0.3, -0.25) is 9.48 Å². The van der Waals surface area contributed by atoms with Crippen molar-refractivity contribution in [2.24, 2.45) is 11.8 Å². The summed E-state index contributed by atoms with van der Waals surface area (Å²) in [5, 5.41) is 17.8. The quantitative estimate of drug-likeness (QED) is 0.855. The van der Waals surface area contributed by atoms with E-state index in [9.17, 15) is 9.90 Å². The van der Waals surface area contributed by atoms with Crippen molar-refractivity contribution in [3.8, 4) is 0 Å². The van der Waals surface area contributed by atoms with Crippen molar-refractivity contribution in [3.63, 3.8) is 0 Å². The molecule has 1 aromatic heterocycles. The summed E-state index contributed by atoms with van der Waals surface area (Å²) in [5.74, 6) is 1.68. The summed E-state index contributed by atoms with van der Waals surface area (Å²) in [7, 11) is 0. The molecule has 1 saturated heterocycles. The number of amides is 1. The minimum atomic E-state index is -0.831. The van der Waals surface area contributed by atoms with Crippen LogP contribution in [0.25, 0.3) is 0 Å². The van der Waals surface area contributed by atoms with Gasteiger partial charge in [0.15, 0.2) is 5.69 Å². The topological polar surface area (TPSA) is 76.4 Å². The van der Waals surface area contributed by atoms with Gasteiger partial charge in [0.05, 0.1) is 12.1 Å². The van der Waals surface area contributed by atoms with Crippen LogP contribution in [-0.4, -0.2) is 46.2 Å². The molecule has 0 unspecified atom stereocenters. The molecule has 0 radical (unpaired) electrons. The van der Waals surface area contributed by atoms with E-state index in [-0.39, 0.29) is 5.91 Å². The lowest BCUT2D eigenvalue weighted by molar-refractivity contribution is 0.0563. The largest absolute Gasteiger partial charge is 0.389 e. The van der Waals surface area contributed by atoms with E-state index >= 15 is 0 Å². The third-order valence-corrected chi connectivity index (χ3v) is 5.48. The van der Waals surface area contributed by atoms with Crippen LogP contribution in [0.1, 0.15) is 60.8 Å². The first kappa shape index (κ1) is 16.1. The number of aliphatic hydroxyl groups is 1. The molecular formula is C18H27N3O3.